The van der Waals surface area contributed by atoms with Crippen LogP contribution in [0.25, 0.3) is 10.9 Å². The standard InChI is InChI=1S/C30H34ClN3O5/c1-29(2,3)38-27(35)22(28(36)39-30(4,5)6)14-20-17-33-24-10-8-18(15-32)12-21(24)26(20)34-16-19-9-11-25(37-7)23(31)13-19/h8-13,17,22H,14,16H2,1-7H3,(H,33,34). The number of nitrogens with zero attached hydrogens (tertiary/aromatic N) is 2. The molecule has 0 saturated carbocycles. The Balaban J connectivity index is 2.07. The molecular formula is C30H34ClN3O5. The van der Waals surface area contributed by atoms with E-state index in [0.29, 0.717) is 45.0 Å². The molecule has 206 valence electrons. The van der Waals surface area contributed by atoms with Gasteiger partial charge in [-0.25, -0.2) is 0 Å². The lowest BCUT2D eigenvalue weighted by atomic mass is 9.96. The summed E-state index contributed by atoms with van der Waals surface area (Å²) in [4.78, 5) is 31.0. The maximum absolute atomic E-state index is 13.2. The fourth-order valence-corrected chi connectivity index (χ4v) is 4.19. The van der Waals surface area contributed by atoms with Crippen molar-refractivity contribution in [1.82, 2.24) is 4.98 Å². The normalized spacial score (nSPS) is 11.7. The Morgan fingerprint density at radius 3 is 2.21 bits per heavy atom. The Morgan fingerprint density at radius 2 is 1.67 bits per heavy atom. The molecule has 0 amide bonds. The Bertz CT molecular complexity index is 1390. The van der Waals surface area contributed by atoms with E-state index < -0.39 is 29.1 Å². The van der Waals surface area contributed by atoms with Gasteiger partial charge in [0, 0.05) is 23.8 Å². The number of nitriles is 1. The highest BCUT2D eigenvalue weighted by Gasteiger charge is 2.36. The molecule has 8 nitrogen and oxygen atoms in total. The molecule has 0 aliphatic carbocycles. The van der Waals surface area contributed by atoms with E-state index in [0.717, 1.165) is 5.56 Å². The molecule has 0 saturated heterocycles. The number of ether oxygens (including phenoxy) is 3. The van der Waals surface area contributed by atoms with Gasteiger partial charge in [-0.3, -0.25) is 14.6 Å². The molecule has 0 bridgehead atoms. The summed E-state index contributed by atoms with van der Waals surface area (Å²) in [7, 11) is 1.55. The lowest BCUT2D eigenvalue weighted by Crippen LogP contribution is -2.38. The first kappa shape index (κ1) is 29.7. The molecule has 0 fully saturated rings. The molecule has 0 aliphatic rings. The van der Waals surface area contributed by atoms with Crippen molar-refractivity contribution >= 4 is 40.1 Å². The quantitative estimate of drug-likeness (QED) is 0.259. The molecular weight excluding hydrogens is 518 g/mol. The third kappa shape index (κ3) is 8.08. The summed E-state index contributed by atoms with van der Waals surface area (Å²) in [5.41, 5.74) is 1.63. The van der Waals surface area contributed by atoms with Crippen LogP contribution in [0.5, 0.6) is 5.75 Å². The second-order valence-electron chi connectivity index (χ2n) is 11.1. The number of carbonyl (C=O) groups excluding carboxylic acids is 2. The smallest absolute Gasteiger partial charge is 0.321 e. The molecule has 0 unspecified atom stereocenters. The third-order valence-corrected chi connectivity index (χ3v) is 5.86. The average molecular weight is 552 g/mol. The lowest BCUT2D eigenvalue weighted by molar-refractivity contribution is -0.174. The van der Waals surface area contributed by atoms with E-state index in [2.05, 4.69) is 16.4 Å². The Kier molecular flexibility index (Phi) is 9.08. The summed E-state index contributed by atoms with van der Waals surface area (Å²) >= 11 is 6.32. The summed E-state index contributed by atoms with van der Waals surface area (Å²) in [6.07, 6.45) is 1.61. The maximum atomic E-state index is 13.2. The lowest BCUT2D eigenvalue weighted by Gasteiger charge is -2.27. The molecule has 0 atom stereocenters. The van der Waals surface area contributed by atoms with E-state index in [9.17, 15) is 14.9 Å². The highest BCUT2D eigenvalue weighted by atomic mass is 35.5. The Hall–Kier alpha value is -3.83. The topological polar surface area (TPSA) is 111 Å². The molecule has 1 N–H and O–H groups in total. The van der Waals surface area contributed by atoms with Gasteiger partial charge in [-0.15, -0.1) is 0 Å². The number of anilines is 1. The predicted molar refractivity (Wildman–Crippen MR) is 151 cm³/mol. The minimum absolute atomic E-state index is 0.0186. The van der Waals surface area contributed by atoms with E-state index >= 15 is 0 Å². The monoisotopic (exact) mass is 551 g/mol. The van der Waals surface area contributed by atoms with Crippen molar-refractivity contribution in [3.05, 3.63) is 64.3 Å². The van der Waals surface area contributed by atoms with Crippen LogP contribution < -0.4 is 10.1 Å². The molecule has 39 heavy (non-hydrogen) atoms. The average Bonchev–Trinajstić information content (AvgIpc) is 2.83. The minimum Gasteiger partial charge on any atom is -0.495 e. The largest absolute Gasteiger partial charge is 0.495 e. The number of carbonyl (C=O) groups is 2. The highest BCUT2D eigenvalue weighted by Crippen LogP contribution is 2.32. The predicted octanol–water partition coefficient (Wildman–Crippen LogP) is 6.22. The molecule has 3 rings (SSSR count). The zero-order valence-corrected chi connectivity index (χ0v) is 24.1. The van der Waals surface area contributed by atoms with Crippen molar-refractivity contribution < 1.29 is 23.8 Å². The number of benzene rings is 2. The van der Waals surface area contributed by atoms with Crippen LogP contribution >= 0.6 is 11.6 Å². The van der Waals surface area contributed by atoms with Crippen LogP contribution in [0, 0.1) is 17.2 Å². The number of nitrogens with one attached hydrogen (secondary N) is 1. The second kappa shape index (κ2) is 11.9. The van der Waals surface area contributed by atoms with E-state index in [1.807, 2.05) is 6.07 Å². The van der Waals surface area contributed by atoms with Crippen LogP contribution in [0.1, 0.15) is 58.2 Å². The summed E-state index contributed by atoms with van der Waals surface area (Å²) in [5.74, 6) is -2.03. The van der Waals surface area contributed by atoms with E-state index in [4.69, 9.17) is 25.8 Å². The minimum atomic E-state index is -1.22. The second-order valence-corrected chi connectivity index (χ2v) is 11.6. The molecule has 0 spiro atoms. The SMILES string of the molecule is COc1ccc(CNc2c(CC(C(=O)OC(C)(C)C)C(=O)OC(C)(C)C)cnc3ccc(C#N)cc23)cc1Cl. The van der Waals surface area contributed by atoms with Crippen molar-refractivity contribution in [2.75, 3.05) is 12.4 Å². The summed E-state index contributed by atoms with van der Waals surface area (Å²) in [6.45, 7) is 10.8. The first-order valence-electron chi connectivity index (χ1n) is 12.5. The number of esters is 2. The first-order valence-corrected chi connectivity index (χ1v) is 12.9. The van der Waals surface area contributed by atoms with Crippen LogP contribution in [0.2, 0.25) is 5.02 Å². The number of hydrogen-bond acceptors (Lipinski definition) is 8. The van der Waals surface area contributed by atoms with Gasteiger partial charge >= 0.3 is 11.9 Å². The van der Waals surface area contributed by atoms with Gasteiger partial charge in [0.25, 0.3) is 0 Å². The number of halogens is 1. The van der Waals surface area contributed by atoms with Gasteiger partial charge in [0.05, 0.1) is 29.3 Å². The van der Waals surface area contributed by atoms with E-state index in [1.54, 1.807) is 85.2 Å². The van der Waals surface area contributed by atoms with Crippen LogP contribution in [0.4, 0.5) is 5.69 Å². The Labute approximate surface area is 234 Å². The fraction of sp³-hybridized carbons (Fsp3) is 0.400. The van der Waals surface area contributed by atoms with Crippen molar-refractivity contribution in [2.24, 2.45) is 5.92 Å². The third-order valence-electron chi connectivity index (χ3n) is 5.57. The highest BCUT2D eigenvalue weighted by molar-refractivity contribution is 6.32. The Morgan fingerprint density at radius 1 is 1.03 bits per heavy atom. The van der Waals surface area contributed by atoms with Crippen LogP contribution in [-0.2, 0) is 32.0 Å². The van der Waals surface area contributed by atoms with Crippen molar-refractivity contribution in [3.8, 4) is 11.8 Å². The van der Waals surface area contributed by atoms with Crippen LogP contribution in [0.15, 0.2) is 42.6 Å². The number of methoxy groups -OCH3 is 1. The molecule has 9 heteroatoms. The van der Waals surface area contributed by atoms with Gasteiger partial charge in [0.15, 0.2) is 5.92 Å². The van der Waals surface area contributed by atoms with Gasteiger partial charge in [0.1, 0.15) is 17.0 Å². The van der Waals surface area contributed by atoms with E-state index in [1.165, 1.54) is 0 Å². The van der Waals surface area contributed by atoms with Crippen molar-refractivity contribution in [1.29, 1.82) is 5.26 Å². The maximum Gasteiger partial charge on any atom is 0.321 e. The van der Waals surface area contributed by atoms with Crippen LogP contribution in [-0.4, -0.2) is 35.2 Å². The number of aromatic nitrogens is 1. The van der Waals surface area contributed by atoms with Crippen LogP contribution in [0.3, 0.4) is 0 Å². The molecule has 0 aliphatic heterocycles. The summed E-state index contributed by atoms with van der Waals surface area (Å²) < 4.78 is 16.4. The fourth-order valence-electron chi connectivity index (χ4n) is 3.91. The number of rotatable bonds is 8. The van der Waals surface area contributed by atoms with Gasteiger partial charge in [-0.1, -0.05) is 17.7 Å². The molecule has 3 aromatic rings. The molecule has 1 aromatic heterocycles. The van der Waals surface area contributed by atoms with Gasteiger partial charge in [-0.05, 0) is 89.4 Å². The summed E-state index contributed by atoms with van der Waals surface area (Å²) in [5, 5.41) is 14.1. The van der Waals surface area contributed by atoms with Crippen molar-refractivity contribution in [3.63, 3.8) is 0 Å². The van der Waals surface area contributed by atoms with Gasteiger partial charge in [0.2, 0.25) is 0 Å². The molecule has 0 radical (unpaired) electrons. The number of hydrogen-bond donors (Lipinski definition) is 1. The first-order chi connectivity index (χ1) is 18.2. The van der Waals surface area contributed by atoms with E-state index in [-0.39, 0.29) is 6.42 Å². The van der Waals surface area contributed by atoms with Gasteiger partial charge in [-0.2, -0.15) is 5.26 Å². The molecule has 1 heterocycles. The van der Waals surface area contributed by atoms with Crippen molar-refractivity contribution in [2.45, 2.75) is 65.7 Å². The van der Waals surface area contributed by atoms with Gasteiger partial charge < -0.3 is 19.5 Å². The molecule has 2 aromatic carbocycles. The zero-order chi connectivity index (χ0) is 29.0. The zero-order valence-electron chi connectivity index (χ0n) is 23.3. The summed E-state index contributed by atoms with van der Waals surface area (Å²) in [6, 6.07) is 12.8. The number of fused-ring (bicyclic) bond motifs is 1. The number of pyridine rings is 1.